The third kappa shape index (κ3) is 4.75. The Bertz CT molecular complexity index is 497. The summed E-state index contributed by atoms with van der Waals surface area (Å²) in [5.74, 6) is -1.02. The van der Waals surface area contributed by atoms with Crippen molar-refractivity contribution in [3.63, 3.8) is 0 Å². The van der Waals surface area contributed by atoms with Gasteiger partial charge in [0.2, 0.25) is 0 Å². The number of anilines is 1. The maximum atomic E-state index is 12.3. The Kier molecular flexibility index (Phi) is 5.72. The highest BCUT2D eigenvalue weighted by Gasteiger charge is 2.23. The maximum Gasteiger partial charge on any atom is 0.335 e. The summed E-state index contributed by atoms with van der Waals surface area (Å²) in [7, 11) is 0. The summed E-state index contributed by atoms with van der Waals surface area (Å²) in [4.78, 5) is 24.5. The van der Waals surface area contributed by atoms with Crippen LogP contribution >= 0.6 is 0 Å². The standard InChI is InChI=1S/C15H22N2O4/c1-4-15(2,3)16-14(21)17(9-10-18)12-7-5-11(6-8-12)13(19)20/h5-8,18H,4,9-10H2,1-3H3,(H,16,21)(H,19,20). The summed E-state index contributed by atoms with van der Waals surface area (Å²) in [5.41, 5.74) is 0.335. The minimum absolute atomic E-state index is 0.137. The molecule has 6 nitrogen and oxygen atoms in total. The first-order valence-electron chi connectivity index (χ1n) is 6.84. The second-order valence-electron chi connectivity index (χ2n) is 5.39. The molecule has 0 radical (unpaired) electrons. The number of nitrogens with one attached hydrogen (secondary N) is 1. The van der Waals surface area contributed by atoms with Crippen LogP contribution in [0.3, 0.4) is 0 Å². The van der Waals surface area contributed by atoms with Gasteiger partial charge in [0.05, 0.1) is 18.7 Å². The van der Waals surface area contributed by atoms with E-state index in [1.807, 2.05) is 20.8 Å². The minimum atomic E-state index is -1.02. The van der Waals surface area contributed by atoms with E-state index >= 15 is 0 Å². The van der Waals surface area contributed by atoms with Crippen molar-refractivity contribution in [2.75, 3.05) is 18.1 Å². The molecule has 0 saturated heterocycles. The number of nitrogens with zero attached hydrogens (tertiary/aromatic N) is 1. The zero-order valence-electron chi connectivity index (χ0n) is 12.6. The normalized spacial score (nSPS) is 11.0. The summed E-state index contributed by atoms with van der Waals surface area (Å²) in [5, 5.41) is 20.9. The average Bonchev–Trinajstić information content (AvgIpc) is 2.44. The topological polar surface area (TPSA) is 89.9 Å². The molecule has 0 bridgehead atoms. The number of carboxylic acid groups (broad SMARTS) is 1. The van der Waals surface area contributed by atoms with Gasteiger partial charge in [-0.15, -0.1) is 0 Å². The van der Waals surface area contributed by atoms with Crippen LogP contribution in [0.15, 0.2) is 24.3 Å². The number of hydrogen-bond acceptors (Lipinski definition) is 3. The predicted octanol–water partition coefficient (Wildman–Crippen LogP) is 2.08. The summed E-state index contributed by atoms with van der Waals surface area (Å²) in [6.07, 6.45) is 0.768. The van der Waals surface area contributed by atoms with Gasteiger partial charge in [0.1, 0.15) is 0 Å². The zero-order valence-corrected chi connectivity index (χ0v) is 12.6. The lowest BCUT2D eigenvalue weighted by molar-refractivity contribution is 0.0697. The van der Waals surface area contributed by atoms with Crippen LogP contribution in [0.25, 0.3) is 0 Å². The van der Waals surface area contributed by atoms with Crippen LogP contribution in [0.5, 0.6) is 0 Å². The third-order valence-corrected chi connectivity index (χ3v) is 3.32. The van der Waals surface area contributed by atoms with Crippen molar-refractivity contribution in [1.29, 1.82) is 0 Å². The Labute approximate surface area is 124 Å². The second kappa shape index (κ2) is 7.08. The molecular weight excluding hydrogens is 272 g/mol. The number of aliphatic hydroxyl groups is 1. The molecule has 1 aromatic rings. The van der Waals surface area contributed by atoms with Crippen LogP contribution in [-0.2, 0) is 0 Å². The molecule has 0 aliphatic heterocycles. The molecule has 0 spiro atoms. The van der Waals surface area contributed by atoms with E-state index in [2.05, 4.69) is 5.32 Å². The minimum Gasteiger partial charge on any atom is -0.478 e. The van der Waals surface area contributed by atoms with Crippen molar-refractivity contribution in [1.82, 2.24) is 5.32 Å². The van der Waals surface area contributed by atoms with Crippen LogP contribution in [0, 0.1) is 0 Å². The summed E-state index contributed by atoms with van der Waals surface area (Å²) >= 11 is 0. The molecule has 0 fully saturated rings. The number of aromatic carboxylic acids is 1. The quantitative estimate of drug-likeness (QED) is 0.749. The van der Waals surface area contributed by atoms with Crippen LogP contribution in [0.2, 0.25) is 0 Å². The van der Waals surface area contributed by atoms with Crippen molar-refractivity contribution in [3.05, 3.63) is 29.8 Å². The molecule has 0 aliphatic rings. The maximum absolute atomic E-state index is 12.3. The van der Waals surface area contributed by atoms with Crippen molar-refractivity contribution < 1.29 is 19.8 Å². The molecule has 21 heavy (non-hydrogen) atoms. The largest absolute Gasteiger partial charge is 0.478 e. The number of rotatable bonds is 6. The van der Waals surface area contributed by atoms with Gasteiger partial charge in [0.15, 0.2) is 0 Å². The van der Waals surface area contributed by atoms with Crippen LogP contribution in [0.1, 0.15) is 37.6 Å². The molecule has 1 rings (SSSR count). The Morgan fingerprint density at radius 1 is 1.24 bits per heavy atom. The van der Waals surface area contributed by atoms with Crippen molar-refractivity contribution >= 4 is 17.7 Å². The van der Waals surface area contributed by atoms with Crippen molar-refractivity contribution in [3.8, 4) is 0 Å². The van der Waals surface area contributed by atoms with Gasteiger partial charge in [-0.25, -0.2) is 9.59 Å². The summed E-state index contributed by atoms with van der Waals surface area (Å²) in [6, 6.07) is 5.65. The monoisotopic (exact) mass is 294 g/mol. The van der Waals surface area contributed by atoms with Crippen LogP contribution in [0.4, 0.5) is 10.5 Å². The first-order valence-corrected chi connectivity index (χ1v) is 6.84. The van der Waals surface area contributed by atoms with Gasteiger partial charge in [-0.05, 0) is 44.5 Å². The Balaban J connectivity index is 2.95. The number of amides is 2. The number of urea groups is 1. The molecule has 0 aromatic heterocycles. The van der Waals surface area contributed by atoms with Crippen molar-refractivity contribution in [2.45, 2.75) is 32.7 Å². The summed E-state index contributed by atoms with van der Waals surface area (Å²) in [6.45, 7) is 5.75. The molecule has 6 heteroatoms. The molecule has 3 N–H and O–H groups in total. The van der Waals surface area contributed by atoms with E-state index in [9.17, 15) is 9.59 Å². The van der Waals surface area contributed by atoms with Gasteiger partial charge in [-0.3, -0.25) is 4.90 Å². The predicted molar refractivity (Wildman–Crippen MR) is 80.7 cm³/mol. The lowest BCUT2D eigenvalue weighted by Crippen LogP contribution is -2.50. The fraction of sp³-hybridized carbons (Fsp3) is 0.467. The van der Waals surface area contributed by atoms with E-state index < -0.39 is 5.97 Å². The molecular formula is C15H22N2O4. The Hall–Kier alpha value is -2.08. The van der Waals surface area contributed by atoms with E-state index in [1.54, 1.807) is 12.1 Å². The van der Waals surface area contributed by atoms with Gasteiger partial charge >= 0.3 is 12.0 Å². The lowest BCUT2D eigenvalue weighted by atomic mass is 10.0. The van der Waals surface area contributed by atoms with Gasteiger partial charge in [0, 0.05) is 11.2 Å². The van der Waals surface area contributed by atoms with E-state index in [0.717, 1.165) is 6.42 Å². The average molecular weight is 294 g/mol. The van der Waals surface area contributed by atoms with Crippen molar-refractivity contribution in [2.24, 2.45) is 0 Å². The molecule has 116 valence electrons. The highest BCUT2D eigenvalue weighted by molar-refractivity contribution is 5.93. The van der Waals surface area contributed by atoms with Gasteiger partial charge in [0.25, 0.3) is 0 Å². The smallest absolute Gasteiger partial charge is 0.335 e. The number of aliphatic hydroxyl groups excluding tert-OH is 1. The fourth-order valence-electron chi connectivity index (χ4n) is 1.68. The van der Waals surface area contributed by atoms with Crippen LogP contribution < -0.4 is 10.2 Å². The number of benzene rings is 1. The highest BCUT2D eigenvalue weighted by atomic mass is 16.4. The molecule has 0 saturated carbocycles. The zero-order chi connectivity index (χ0) is 16.0. The van der Waals surface area contributed by atoms with E-state index in [0.29, 0.717) is 5.69 Å². The van der Waals surface area contributed by atoms with Gasteiger partial charge in [-0.1, -0.05) is 6.92 Å². The first kappa shape index (κ1) is 17.0. The molecule has 0 unspecified atom stereocenters. The Morgan fingerprint density at radius 3 is 2.24 bits per heavy atom. The summed E-state index contributed by atoms with van der Waals surface area (Å²) < 4.78 is 0. The SMILES string of the molecule is CCC(C)(C)NC(=O)N(CCO)c1ccc(C(=O)O)cc1. The molecule has 0 atom stereocenters. The highest BCUT2D eigenvalue weighted by Crippen LogP contribution is 2.17. The number of carbonyl (C=O) groups is 2. The second-order valence-corrected chi connectivity index (χ2v) is 5.39. The van der Waals surface area contributed by atoms with Gasteiger partial charge < -0.3 is 15.5 Å². The Morgan fingerprint density at radius 2 is 1.81 bits per heavy atom. The number of hydrogen-bond donors (Lipinski definition) is 3. The number of carboxylic acids is 1. The third-order valence-electron chi connectivity index (χ3n) is 3.32. The fourth-order valence-corrected chi connectivity index (χ4v) is 1.68. The molecule has 0 heterocycles. The number of carbonyl (C=O) groups excluding carboxylic acids is 1. The van der Waals surface area contributed by atoms with E-state index in [-0.39, 0.29) is 30.3 Å². The molecule has 1 aromatic carbocycles. The van der Waals surface area contributed by atoms with Crippen LogP contribution in [-0.4, -0.2) is 40.9 Å². The van der Waals surface area contributed by atoms with E-state index in [1.165, 1.54) is 17.0 Å². The van der Waals surface area contributed by atoms with Gasteiger partial charge in [-0.2, -0.15) is 0 Å². The lowest BCUT2D eigenvalue weighted by Gasteiger charge is -2.30. The molecule has 2 amide bonds. The molecule has 0 aliphatic carbocycles. The first-order chi connectivity index (χ1) is 9.80. The van der Waals surface area contributed by atoms with E-state index in [4.69, 9.17) is 10.2 Å².